The summed E-state index contributed by atoms with van der Waals surface area (Å²) in [6.07, 6.45) is 0.968. The highest BCUT2D eigenvalue weighted by atomic mass is 16.2. The van der Waals surface area contributed by atoms with Crippen molar-refractivity contribution in [3.8, 4) is 6.07 Å². The van der Waals surface area contributed by atoms with Crippen molar-refractivity contribution in [3.05, 3.63) is 29.8 Å². The molecule has 0 saturated heterocycles. The van der Waals surface area contributed by atoms with E-state index >= 15 is 0 Å². The quantitative estimate of drug-likeness (QED) is 0.831. The van der Waals surface area contributed by atoms with Crippen molar-refractivity contribution in [2.24, 2.45) is 5.92 Å². The summed E-state index contributed by atoms with van der Waals surface area (Å²) in [6, 6.07) is 9.93. The number of rotatable bonds is 7. The van der Waals surface area contributed by atoms with E-state index in [2.05, 4.69) is 18.3 Å². The molecule has 4 heteroatoms. The third kappa shape index (κ3) is 5.41. The fourth-order valence-electron chi connectivity index (χ4n) is 2.09. The third-order valence-corrected chi connectivity index (χ3v) is 3.08. The van der Waals surface area contributed by atoms with Gasteiger partial charge < -0.3 is 5.32 Å². The standard InChI is InChI=1S/C16H23N3O/c1-4-9-19(11-13(2)10-17)12-16(20)18-15-8-6-5-7-14(15)3/h5-8,13H,4,9,11-12H2,1-3H3,(H,18,20)/t13-/m0/s1. The second kappa shape index (κ2) is 8.34. The zero-order valence-corrected chi connectivity index (χ0v) is 12.5. The molecule has 1 amide bonds. The highest BCUT2D eigenvalue weighted by Gasteiger charge is 2.13. The maximum absolute atomic E-state index is 12.1. The van der Waals surface area contributed by atoms with Gasteiger partial charge in [0.15, 0.2) is 0 Å². The van der Waals surface area contributed by atoms with Crippen molar-refractivity contribution >= 4 is 11.6 Å². The van der Waals surface area contributed by atoms with E-state index in [1.54, 1.807) is 0 Å². The van der Waals surface area contributed by atoms with Crippen molar-refractivity contribution in [3.63, 3.8) is 0 Å². The number of nitrogens with zero attached hydrogens (tertiary/aromatic N) is 2. The highest BCUT2D eigenvalue weighted by molar-refractivity contribution is 5.92. The first-order valence-electron chi connectivity index (χ1n) is 7.04. The van der Waals surface area contributed by atoms with E-state index in [0.717, 1.165) is 24.2 Å². The minimum atomic E-state index is -0.0622. The van der Waals surface area contributed by atoms with Crippen LogP contribution in [0.3, 0.4) is 0 Å². The molecule has 0 aliphatic carbocycles. The van der Waals surface area contributed by atoms with Gasteiger partial charge in [0.2, 0.25) is 5.91 Å². The SMILES string of the molecule is CCCN(CC(=O)Nc1ccccc1C)C[C@@H](C)C#N. The van der Waals surface area contributed by atoms with Gasteiger partial charge in [0.1, 0.15) is 0 Å². The molecule has 1 N–H and O–H groups in total. The largest absolute Gasteiger partial charge is 0.325 e. The summed E-state index contributed by atoms with van der Waals surface area (Å²) in [4.78, 5) is 14.1. The van der Waals surface area contributed by atoms with Crippen molar-refractivity contribution in [2.45, 2.75) is 27.2 Å². The number of nitrogens with one attached hydrogen (secondary N) is 1. The van der Waals surface area contributed by atoms with Crippen LogP contribution in [0, 0.1) is 24.2 Å². The van der Waals surface area contributed by atoms with E-state index in [0.29, 0.717) is 13.1 Å². The molecule has 0 heterocycles. The van der Waals surface area contributed by atoms with Crippen LogP contribution in [0.25, 0.3) is 0 Å². The van der Waals surface area contributed by atoms with Gasteiger partial charge in [-0.1, -0.05) is 25.1 Å². The predicted molar refractivity (Wildman–Crippen MR) is 81.3 cm³/mol. The molecule has 0 unspecified atom stereocenters. The minimum Gasteiger partial charge on any atom is -0.325 e. The Hall–Kier alpha value is -1.86. The van der Waals surface area contributed by atoms with Gasteiger partial charge in [0.25, 0.3) is 0 Å². The van der Waals surface area contributed by atoms with Crippen LogP contribution in [0.1, 0.15) is 25.8 Å². The number of carbonyl (C=O) groups excluding carboxylic acids is 1. The molecule has 20 heavy (non-hydrogen) atoms. The zero-order chi connectivity index (χ0) is 15.0. The van der Waals surface area contributed by atoms with Crippen LogP contribution < -0.4 is 5.32 Å². The van der Waals surface area contributed by atoms with Gasteiger partial charge in [0.05, 0.1) is 18.5 Å². The smallest absolute Gasteiger partial charge is 0.238 e. The van der Waals surface area contributed by atoms with E-state index in [-0.39, 0.29) is 11.8 Å². The lowest BCUT2D eigenvalue weighted by atomic mass is 10.2. The van der Waals surface area contributed by atoms with Gasteiger partial charge in [-0.05, 0) is 38.4 Å². The number of nitriles is 1. The van der Waals surface area contributed by atoms with Crippen molar-refractivity contribution in [2.75, 3.05) is 25.0 Å². The van der Waals surface area contributed by atoms with Crippen molar-refractivity contribution in [1.82, 2.24) is 4.90 Å². The number of anilines is 1. The molecule has 0 aromatic heterocycles. The summed E-state index contributed by atoms with van der Waals surface area (Å²) in [5.74, 6) is -0.0919. The Balaban J connectivity index is 2.58. The van der Waals surface area contributed by atoms with Gasteiger partial charge in [-0.2, -0.15) is 5.26 Å². The van der Waals surface area contributed by atoms with E-state index in [9.17, 15) is 4.79 Å². The van der Waals surface area contributed by atoms with Crippen LogP contribution in [-0.4, -0.2) is 30.4 Å². The molecule has 0 spiro atoms. The van der Waals surface area contributed by atoms with Crippen LogP contribution in [-0.2, 0) is 4.79 Å². The maximum Gasteiger partial charge on any atom is 0.238 e. The molecule has 0 aliphatic rings. The van der Waals surface area contributed by atoms with E-state index in [4.69, 9.17) is 5.26 Å². The van der Waals surface area contributed by atoms with Crippen LogP contribution in [0.15, 0.2) is 24.3 Å². The number of hydrogen-bond donors (Lipinski definition) is 1. The Morgan fingerprint density at radius 3 is 2.75 bits per heavy atom. The van der Waals surface area contributed by atoms with E-state index < -0.39 is 0 Å². The lowest BCUT2D eigenvalue weighted by Crippen LogP contribution is -2.36. The minimum absolute atomic E-state index is 0.0297. The summed E-state index contributed by atoms with van der Waals surface area (Å²) in [7, 11) is 0. The average Bonchev–Trinajstić information content (AvgIpc) is 2.41. The summed E-state index contributed by atoms with van der Waals surface area (Å²) in [5, 5.41) is 11.8. The summed E-state index contributed by atoms with van der Waals surface area (Å²) < 4.78 is 0. The molecule has 108 valence electrons. The summed E-state index contributed by atoms with van der Waals surface area (Å²) in [5.41, 5.74) is 1.90. The fraction of sp³-hybridized carbons (Fsp3) is 0.500. The Morgan fingerprint density at radius 1 is 1.45 bits per heavy atom. The number of aryl methyl sites for hydroxylation is 1. The predicted octanol–water partition coefficient (Wildman–Crippen LogP) is 2.81. The lowest BCUT2D eigenvalue weighted by Gasteiger charge is -2.22. The molecule has 1 aromatic carbocycles. The molecular weight excluding hydrogens is 250 g/mol. The molecule has 0 fully saturated rings. The van der Waals surface area contributed by atoms with Gasteiger partial charge in [-0.3, -0.25) is 9.69 Å². The zero-order valence-electron chi connectivity index (χ0n) is 12.5. The van der Waals surface area contributed by atoms with Crippen LogP contribution in [0.2, 0.25) is 0 Å². The Kier molecular flexibility index (Phi) is 6.75. The summed E-state index contributed by atoms with van der Waals surface area (Å²) in [6.45, 7) is 7.70. The second-order valence-electron chi connectivity index (χ2n) is 5.13. The average molecular weight is 273 g/mol. The fourth-order valence-corrected chi connectivity index (χ4v) is 2.09. The lowest BCUT2D eigenvalue weighted by molar-refractivity contribution is -0.117. The van der Waals surface area contributed by atoms with Crippen molar-refractivity contribution < 1.29 is 4.79 Å². The topological polar surface area (TPSA) is 56.1 Å². The van der Waals surface area contributed by atoms with Crippen molar-refractivity contribution in [1.29, 1.82) is 5.26 Å². The maximum atomic E-state index is 12.1. The number of hydrogen-bond acceptors (Lipinski definition) is 3. The molecule has 1 atom stereocenters. The van der Waals surface area contributed by atoms with Gasteiger partial charge in [-0.25, -0.2) is 0 Å². The first-order valence-corrected chi connectivity index (χ1v) is 7.04. The van der Waals surface area contributed by atoms with Gasteiger partial charge in [-0.15, -0.1) is 0 Å². The van der Waals surface area contributed by atoms with Gasteiger partial charge >= 0.3 is 0 Å². The van der Waals surface area contributed by atoms with Gasteiger partial charge in [0, 0.05) is 12.2 Å². The third-order valence-electron chi connectivity index (χ3n) is 3.08. The van der Waals surface area contributed by atoms with Crippen LogP contribution >= 0.6 is 0 Å². The van der Waals surface area contributed by atoms with E-state index in [1.807, 2.05) is 43.0 Å². The normalized spacial score (nSPS) is 11.9. The molecule has 0 bridgehead atoms. The number of carbonyl (C=O) groups is 1. The Labute approximate surface area is 121 Å². The Bertz CT molecular complexity index is 479. The molecule has 0 saturated carbocycles. The van der Waals surface area contributed by atoms with Crippen LogP contribution in [0.4, 0.5) is 5.69 Å². The van der Waals surface area contributed by atoms with Crippen LogP contribution in [0.5, 0.6) is 0 Å². The highest BCUT2D eigenvalue weighted by Crippen LogP contribution is 2.13. The number of amides is 1. The number of para-hydroxylation sites is 1. The first kappa shape index (κ1) is 16.2. The number of benzene rings is 1. The Morgan fingerprint density at radius 2 is 2.15 bits per heavy atom. The second-order valence-corrected chi connectivity index (χ2v) is 5.13. The van der Waals surface area contributed by atoms with E-state index in [1.165, 1.54) is 0 Å². The molecule has 1 rings (SSSR count). The molecule has 1 aromatic rings. The first-order chi connectivity index (χ1) is 9.56. The molecule has 0 aliphatic heterocycles. The molecule has 0 radical (unpaired) electrons. The molecule has 4 nitrogen and oxygen atoms in total. The summed E-state index contributed by atoms with van der Waals surface area (Å²) >= 11 is 0. The molecular formula is C16H23N3O. The monoisotopic (exact) mass is 273 g/mol.